The standard InChI is InChI=1S/C10H15N3O2/c1-2-9-8(6-14)11-12-13(9)5-10(15)7-3-4-7/h6-7,10,15H,2-5H2,1H3. The number of aliphatic hydroxyl groups is 1. The third-order valence-corrected chi connectivity index (χ3v) is 2.84. The number of hydrogen-bond acceptors (Lipinski definition) is 4. The normalized spacial score (nSPS) is 17.7. The zero-order valence-electron chi connectivity index (χ0n) is 8.76. The minimum absolute atomic E-state index is 0.350. The minimum atomic E-state index is -0.350. The Morgan fingerprint density at radius 3 is 2.93 bits per heavy atom. The Labute approximate surface area is 88.1 Å². The lowest BCUT2D eigenvalue weighted by atomic mass is 10.2. The molecule has 15 heavy (non-hydrogen) atoms. The molecule has 1 N–H and O–H groups in total. The first-order chi connectivity index (χ1) is 7.26. The summed E-state index contributed by atoms with van der Waals surface area (Å²) in [5.74, 6) is 0.415. The van der Waals surface area contributed by atoms with Crippen molar-refractivity contribution in [2.24, 2.45) is 5.92 Å². The van der Waals surface area contributed by atoms with Crippen LogP contribution in [-0.4, -0.2) is 32.5 Å². The highest BCUT2D eigenvalue weighted by Crippen LogP contribution is 2.33. The summed E-state index contributed by atoms with van der Waals surface area (Å²) in [5.41, 5.74) is 1.20. The largest absolute Gasteiger partial charge is 0.391 e. The van der Waals surface area contributed by atoms with Gasteiger partial charge in [0.05, 0.1) is 18.3 Å². The zero-order chi connectivity index (χ0) is 10.8. The molecule has 82 valence electrons. The van der Waals surface area contributed by atoms with Gasteiger partial charge in [0.2, 0.25) is 0 Å². The van der Waals surface area contributed by atoms with Crippen molar-refractivity contribution in [3.63, 3.8) is 0 Å². The van der Waals surface area contributed by atoms with Gasteiger partial charge in [0.25, 0.3) is 0 Å². The van der Waals surface area contributed by atoms with Crippen molar-refractivity contribution in [2.75, 3.05) is 0 Å². The van der Waals surface area contributed by atoms with Crippen molar-refractivity contribution in [3.05, 3.63) is 11.4 Å². The van der Waals surface area contributed by atoms with Crippen molar-refractivity contribution in [1.82, 2.24) is 15.0 Å². The Hall–Kier alpha value is -1.23. The fraction of sp³-hybridized carbons (Fsp3) is 0.700. The first-order valence-corrected chi connectivity index (χ1v) is 5.31. The number of aldehydes is 1. The van der Waals surface area contributed by atoms with Crippen LogP contribution >= 0.6 is 0 Å². The highest BCUT2D eigenvalue weighted by atomic mass is 16.3. The third kappa shape index (κ3) is 2.07. The Morgan fingerprint density at radius 1 is 1.67 bits per heavy atom. The van der Waals surface area contributed by atoms with Gasteiger partial charge in [-0.3, -0.25) is 4.79 Å². The summed E-state index contributed by atoms with van der Waals surface area (Å²) in [4.78, 5) is 10.7. The van der Waals surface area contributed by atoms with Crippen LogP contribution in [0.3, 0.4) is 0 Å². The van der Waals surface area contributed by atoms with E-state index in [1.807, 2.05) is 6.92 Å². The van der Waals surface area contributed by atoms with Crippen molar-refractivity contribution < 1.29 is 9.90 Å². The third-order valence-electron chi connectivity index (χ3n) is 2.84. The lowest BCUT2D eigenvalue weighted by Gasteiger charge is -2.10. The molecular weight excluding hydrogens is 194 g/mol. The Balaban J connectivity index is 2.12. The highest BCUT2D eigenvalue weighted by Gasteiger charge is 2.30. The molecule has 2 rings (SSSR count). The number of hydrogen-bond donors (Lipinski definition) is 1. The van der Waals surface area contributed by atoms with Gasteiger partial charge in [0, 0.05) is 0 Å². The number of nitrogens with zero attached hydrogens (tertiary/aromatic N) is 3. The molecule has 0 spiro atoms. The lowest BCUT2D eigenvalue weighted by molar-refractivity contribution is 0.111. The van der Waals surface area contributed by atoms with Gasteiger partial charge in [-0.1, -0.05) is 12.1 Å². The van der Waals surface area contributed by atoms with E-state index in [1.54, 1.807) is 4.68 Å². The van der Waals surface area contributed by atoms with Crippen LogP contribution in [0.15, 0.2) is 0 Å². The van der Waals surface area contributed by atoms with E-state index in [4.69, 9.17) is 0 Å². The van der Waals surface area contributed by atoms with Crippen LogP contribution in [0.4, 0.5) is 0 Å². The molecule has 1 atom stereocenters. The van der Waals surface area contributed by atoms with Crippen molar-refractivity contribution >= 4 is 6.29 Å². The van der Waals surface area contributed by atoms with Gasteiger partial charge < -0.3 is 5.11 Å². The summed E-state index contributed by atoms with van der Waals surface area (Å²) >= 11 is 0. The van der Waals surface area contributed by atoms with Crippen LogP contribution in [0.5, 0.6) is 0 Å². The van der Waals surface area contributed by atoms with Crippen LogP contribution in [0.1, 0.15) is 35.9 Å². The molecular formula is C10H15N3O2. The fourth-order valence-corrected chi connectivity index (χ4v) is 1.76. The molecule has 1 aromatic rings. The van der Waals surface area contributed by atoms with Crippen molar-refractivity contribution in [1.29, 1.82) is 0 Å². The van der Waals surface area contributed by atoms with Gasteiger partial charge in [-0.25, -0.2) is 4.68 Å². The second-order valence-electron chi connectivity index (χ2n) is 3.98. The molecule has 0 bridgehead atoms. The van der Waals surface area contributed by atoms with E-state index < -0.39 is 0 Å². The van der Waals surface area contributed by atoms with E-state index in [0.29, 0.717) is 30.9 Å². The lowest BCUT2D eigenvalue weighted by Crippen LogP contribution is -2.20. The Morgan fingerprint density at radius 2 is 2.40 bits per heavy atom. The van der Waals surface area contributed by atoms with Crippen LogP contribution in [0, 0.1) is 5.92 Å². The second-order valence-corrected chi connectivity index (χ2v) is 3.98. The maximum Gasteiger partial charge on any atom is 0.172 e. The smallest absolute Gasteiger partial charge is 0.172 e. The Bertz CT molecular complexity index is 358. The Kier molecular flexibility index (Phi) is 2.81. The van der Waals surface area contributed by atoms with E-state index in [2.05, 4.69) is 10.3 Å². The summed E-state index contributed by atoms with van der Waals surface area (Å²) < 4.78 is 1.65. The molecule has 1 fully saturated rings. The number of aliphatic hydroxyl groups excluding tert-OH is 1. The molecule has 1 aromatic heterocycles. The molecule has 1 aliphatic rings. The van der Waals surface area contributed by atoms with Crippen LogP contribution in [-0.2, 0) is 13.0 Å². The van der Waals surface area contributed by atoms with Gasteiger partial charge in [-0.15, -0.1) is 5.10 Å². The summed E-state index contributed by atoms with van der Waals surface area (Å²) in [6.07, 6.45) is 3.26. The summed E-state index contributed by atoms with van der Waals surface area (Å²) in [7, 11) is 0. The maximum absolute atomic E-state index is 10.7. The quantitative estimate of drug-likeness (QED) is 0.714. The molecule has 0 saturated heterocycles. The summed E-state index contributed by atoms with van der Waals surface area (Å²) in [6, 6.07) is 0. The minimum Gasteiger partial charge on any atom is -0.391 e. The van der Waals surface area contributed by atoms with E-state index in [0.717, 1.165) is 18.5 Å². The first kappa shape index (κ1) is 10.3. The molecule has 0 aromatic carbocycles. The number of rotatable bonds is 5. The van der Waals surface area contributed by atoms with E-state index in [9.17, 15) is 9.90 Å². The van der Waals surface area contributed by atoms with Gasteiger partial charge in [0.15, 0.2) is 6.29 Å². The van der Waals surface area contributed by atoms with Crippen LogP contribution in [0.2, 0.25) is 0 Å². The predicted octanol–water partition coefficient (Wildman–Crippen LogP) is 0.424. The summed E-state index contributed by atoms with van der Waals surface area (Å²) in [5, 5.41) is 17.4. The van der Waals surface area contributed by atoms with Crippen LogP contribution in [0.25, 0.3) is 0 Å². The second kappa shape index (κ2) is 4.10. The zero-order valence-corrected chi connectivity index (χ0v) is 8.76. The van der Waals surface area contributed by atoms with E-state index >= 15 is 0 Å². The maximum atomic E-state index is 10.7. The number of aromatic nitrogens is 3. The first-order valence-electron chi connectivity index (χ1n) is 5.31. The molecule has 5 heteroatoms. The number of carbonyl (C=O) groups is 1. The SMILES string of the molecule is CCc1c(C=O)nnn1CC(O)C1CC1. The molecule has 5 nitrogen and oxygen atoms in total. The van der Waals surface area contributed by atoms with Gasteiger partial charge in [-0.2, -0.15) is 0 Å². The van der Waals surface area contributed by atoms with Gasteiger partial charge in [0.1, 0.15) is 5.69 Å². The topological polar surface area (TPSA) is 68.0 Å². The molecule has 1 unspecified atom stereocenters. The monoisotopic (exact) mass is 209 g/mol. The average Bonchev–Trinajstić information content (AvgIpc) is 3.01. The fourth-order valence-electron chi connectivity index (χ4n) is 1.76. The highest BCUT2D eigenvalue weighted by molar-refractivity contribution is 5.73. The average molecular weight is 209 g/mol. The van der Waals surface area contributed by atoms with Crippen molar-refractivity contribution in [2.45, 2.75) is 38.8 Å². The van der Waals surface area contributed by atoms with Crippen LogP contribution < -0.4 is 0 Å². The molecule has 1 saturated carbocycles. The molecule has 1 heterocycles. The summed E-state index contributed by atoms with van der Waals surface area (Å²) in [6.45, 7) is 2.40. The number of carbonyl (C=O) groups excluding carboxylic acids is 1. The molecule has 0 radical (unpaired) electrons. The van der Waals surface area contributed by atoms with Crippen molar-refractivity contribution in [3.8, 4) is 0 Å². The van der Waals surface area contributed by atoms with Gasteiger partial charge in [-0.05, 0) is 25.2 Å². The molecule has 0 aliphatic heterocycles. The molecule has 1 aliphatic carbocycles. The van der Waals surface area contributed by atoms with E-state index in [-0.39, 0.29) is 6.10 Å². The predicted molar refractivity (Wildman–Crippen MR) is 53.5 cm³/mol. The van der Waals surface area contributed by atoms with E-state index in [1.165, 1.54) is 0 Å². The molecule has 0 amide bonds. The van der Waals surface area contributed by atoms with Gasteiger partial charge >= 0.3 is 0 Å².